The molecule has 0 saturated heterocycles. The van der Waals surface area contributed by atoms with Gasteiger partial charge in [-0.15, -0.1) is 0 Å². The molecule has 24 heavy (non-hydrogen) atoms. The SMILES string of the molecule is NCCc1cccc(-c2ccc(O)c(N3C=C(O)NS3(=O)=O)c2)c1. The smallest absolute Gasteiger partial charge is 0.330 e. The van der Waals surface area contributed by atoms with Crippen LogP contribution in [0.2, 0.25) is 0 Å². The van der Waals surface area contributed by atoms with E-state index in [2.05, 4.69) is 0 Å². The lowest BCUT2D eigenvalue weighted by Crippen LogP contribution is -2.29. The van der Waals surface area contributed by atoms with Gasteiger partial charge in [0.1, 0.15) is 11.4 Å². The van der Waals surface area contributed by atoms with Gasteiger partial charge in [-0.2, -0.15) is 8.42 Å². The van der Waals surface area contributed by atoms with Gasteiger partial charge in [0.15, 0.2) is 0 Å². The van der Waals surface area contributed by atoms with Crippen LogP contribution in [0.5, 0.6) is 5.75 Å². The summed E-state index contributed by atoms with van der Waals surface area (Å²) >= 11 is 0. The van der Waals surface area contributed by atoms with Crippen molar-refractivity contribution in [3.8, 4) is 16.9 Å². The Morgan fingerprint density at radius 2 is 1.83 bits per heavy atom. The normalized spacial score (nSPS) is 15.9. The van der Waals surface area contributed by atoms with Gasteiger partial charge in [0, 0.05) is 0 Å². The summed E-state index contributed by atoms with van der Waals surface area (Å²) in [6.07, 6.45) is 1.73. The highest BCUT2D eigenvalue weighted by Crippen LogP contribution is 2.35. The number of rotatable bonds is 4. The number of aromatic hydroxyl groups is 1. The van der Waals surface area contributed by atoms with Crippen LogP contribution in [-0.2, 0) is 16.6 Å². The standard InChI is InChI=1S/C16H17N3O4S/c17-7-6-11-2-1-3-12(8-11)13-4-5-15(20)14(9-13)19-10-16(21)18-24(19,22)23/h1-5,8-10,18,20-21H,6-7,17H2. The Labute approximate surface area is 139 Å². The molecule has 3 rings (SSSR count). The van der Waals surface area contributed by atoms with Gasteiger partial charge in [0.05, 0.1) is 6.20 Å². The number of phenols is 1. The summed E-state index contributed by atoms with van der Waals surface area (Å²) in [6, 6.07) is 12.4. The number of aliphatic hydroxyl groups is 1. The summed E-state index contributed by atoms with van der Waals surface area (Å²) in [5.41, 5.74) is 8.30. The summed E-state index contributed by atoms with van der Waals surface area (Å²) in [5, 5.41) is 19.4. The molecule has 2 aromatic rings. The van der Waals surface area contributed by atoms with Crippen LogP contribution in [0.4, 0.5) is 5.69 Å². The maximum atomic E-state index is 12.0. The fourth-order valence-electron chi connectivity index (χ4n) is 2.54. The predicted octanol–water partition coefficient (Wildman–Crippen LogP) is 1.57. The van der Waals surface area contributed by atoms with E-state index in [1.807, 2.05) is 29.0 Å². The van der Waals surface area contributed by atoms with Crippen molar-refractivity contribution in [2.24, 2.45) is 5.73 Å². The molecule has 7 nitrogen and oxygen atoms in total. The first kappa shape index (κ1) is 16.2. The van der Waals surface area contributed by atoms with Crippen molar-refractivity contribution in [2.75, 3.05) is 10.8 Å². The molecule has 0 aliphatic carbocycles. The molecule has 0 radical (unpaired) electrons. The number of hydrogen-bond donors (Lipinski definition) is 4. The van der Waals surface area contributed by atoms with Crippen molar-refractivity contribution in [3.63, 3.8) is 0 Å². The van der Waals surface area contributed by atoms with Gasteiger partial charge in [-0.3, -0.25) is 0 Å². The summed E-state index contributed by atoms with van der Waals surface area (Å²) in [4.78, 5) is 0. The number of nitrogens with two attached hydrogens (primary N) is 1. The zero-order valence-electron chi connectivity index (χ0n) is 12.7. The van der Waals surface area contributed by atoms with Crippen molar-refractivity contribution in [2.45, 2.75) is 6.42 Å². The molecule has 8 heteroatoms. The van der Waals surface area contributed by atoms with E-state index in [0.29, 0.717) is 6.54 Å². The Morgan fingerprint density at radius 3 is 2.50 bits per heavy atom. The number of aliphatic hydroxyl groups excluding tert-OH is 1. The van der Waals surface area contributed by atoms with Gasteiger partial charge < -0.3 is 15.9 Å². The second-order valence-electron chi connectivity index (χ2n) is 5.36. The third-order valence-electron chi connectivity index (χ3n) is 3.64. The second-order valence-corrected chi connectivity index (χ2v) is 6.91. The van der Waals surface area contributed by atoms with E-state index in [0.717, 1.165) is 33.6 Å². The molecule has 1 aliphatic rings. The Morgan fingerprint density at radius 1 is 1.08 bits per heavy atom. The largest absolute Gasteiger partial charge is 0.506 e. The lowest BCUT2D eigenvalue weighted by Gasteiger charge is -2.16. The monoisotopic (exact) mass is 347 g/mol. The lowest BCUT2D eigenvalue weighted by atomic mass is 10.0. The number of phenolic OH excluding ortho intramolecular Hbond substituents is 1. The number of nitrogens with zero attached hydrogens (tertiary/aromatic N) is 1. The van der Waals surface area contributed by atoms with E-state index in [1.165, 1.54) is 6.07 Å². The first-order valence-corrected chi connectivity index (χ1v) is 8.70. The molecule has 0 unspecified atom stereocenters. The van der Waals surface area contributed by atoms with Crippen molar-refractivity contribution in [3.05, 3.63) is 60.1 Å². The molecule has 0 bridgehead atoms. The highest BCUT2D eigenvalue weighted by molar-refractivity contribution is 7.91. The van der Waals surface area contributed by atoms with Crippen LogP contribution < -0.4 is 14.8 Å². The third-order valence-corrected chi connectivity index (χ3v) is 4.93. The molecule has 126 valence electrons. The van der Waals surface area contributed by atoms with Gasteiger partial charge >= 0.3 is 10.2 Å². The summed E-state index contributed by atoms with van der Waals surface area (Å²) < 4.78 is 26.7. The molecule has 1 heterocycles. The zero-order chi connectivity index (χ0) is 17.3. The number of hydrogen-bond acceptors (Lipinski definition) is 5. The van der Waals surface area contributed by atoms with E-state index < -0.39 is 16.1 Å². The molecular weight excluding hydrogens is 330 g/mol. The lowest BCUT2D eigenvalue weighted by molar-refractivity contribution is 0.392. The molecule has 2 aromatic carbocycles. The molecule has 0 spiro atoms. The number of benzene rings is 2. The average molecular weight is 347 g/mol. The molecule has 5 N–H and O–H groups in total. The fourth-order valence-corrected chi connectivity index (χ4v) is 3.60. The highest BCUT2D eigenvalue weighted by atomic mass is 32.2. The van der Waals surface area contributed by atoms with Crippen LogP contribution in [0.1, 0.15) is 5.56 Å². The minimum atomic E-state index is -3.96. The maximum absolute atomic E-state index is 12.0. The van der Waals surface area contributed by atoms with Gasteiger partial charge in [0.2, 0.25) is 5.88 Å². The Kier molecular flexibility index (Phi) is 4.08. The first-order chi connectivity index (χ1) is 11.4. The molecule has 0 saturated carbocycles. The van der Waals surface area contributed by atoms with Gasteiger partial charge in [0.25, 0.3) is 0 Å². The number of anilines is 1. The second kappa shape index (κ2) is 6.06. The van der Waals surface area contributed by atoms with E-state index in [1.54, 1.807) is 12.1 Å². The van der Waals surface area contributed by atoms with Crippen LogP contribution in [0.25, 0.3) is 11.1 Å². The molecule has 0 fully saturated rings. The molecule has 0 aromatic heterocycles. The van der Waals surface area contributed by atoms with Crippen molar-refractivity contribution in [1.82, 2.24) is 4.72 Å². The van der Waals surface area contributed by atoms with Crippen LogP contribution in [-0.4, -0.2) is 25.2 Å². The summed E-state index contributed by atoms with van der Waals surface area (Å²) in [6.45, 7) is 0.534. The first-order valence-electron chi connectivity index (χ1n) is 7.26. The highest BCUT2D eigenvalue weighted by Gasteiger charge is 2.30. The molecular formula is C16H17N3O4S. The molecule has 0 amide bonds. The zero-order valence-corrected chi connectivity index (χ0v) is 13.5. The van der Waals surface area contributed by atoms with E-state index >= 15 is 0 Å². The van der Waals surface area contributed by atoms with Gasteiger partial charge in [-0.1, -0.05) is 30.3 Å². The van der Waals surface area contributed by atoms with Gasteiger partial charge in [-0.05, 0) is 41.8 Å². The topological polar surface area (TPSA) is 116 Å². The van der Waals surface area contributed by atoms with Gasteiger partial charge in [-0.25, -0.2) is 9.03 Å². The quantitative estimate of drug-likeness (QED) is 0.670. The summed E-state index contributed by atoms with van der Waals surface area (Å²) in [5.74, 6) is -0.724. The summed E-state index contributed by atoms with van der Waals surface area (Å²) in [7, 11) is -3.96. The Hall–Kier alpha value is -2.71. The number of nitrogens with one attached hydrogen (secondary N) is 1. The van der Waals surface area contributed by atoms with Crippen molar-refractivity contribution in [1.29, 1.82) is 0 Å². The minimum absolute atomic E-state index is 0.0493. The van der Waals surface area contributed by atoms with Crippen LogP contribution in [0, 0.1) is 0 Å². The maximum Gasteiger partial charge on any atom is 0.330 e. The molecule has 1 aliphatic heterocycles. The van der Waals surface area contributed by atoms with Crippen LogP contribution >= 0.6 is 0 Å². The fraction of sp³-hybridized carbons (Fsp3) is 0.125. The van der Waals surface area contributed by atoms with Crippen LogP contribution in [0.15, 0.2) is 54.5 Å². The van der Waals surface area contributed by atoms with E-state index in [4.69, 9.17) is 5.73 Å². The Bertz CT molecular complexity index is 909. The van der Waals surface area contributed by atoms with E-state index in [-0.39, 0.29) is 11.4 Å². The Balaban J connectivity index is 2.06. The minimum Gasteiger partial charge on any atom is -0.506 e. The van der Waals surface area contributed by atoms with E-state index in [9.17, 15) is 18.6 Å². The van der Waals surface area contributed by atoms with Crippen LogP contribution in [0.3, 0.4) is 0 Å². The molecule has 0 atom stereocenters. The average Bonchev–Trinajstić information content (AvgIpc) is 2.81. The van der Waals surface area contributed by atoms with Crippen molar-refractivity contribution < 1.29 is 18.6 Å². The predicted molar refractivity (Wildman–Crippen MR) is 91.5 cm³/mol. The third kappa shape index (κ3) is 3.01. The van der Waals surface area contributed by atoms with Crippen molar-refractivity contribution >= 4 is 15.9 Å².